The number of sulfonamides is 1. The average molecular weight is 316 g/mol. The summed E-state index contributed by atoms with van der Waals surface area (Å²) < 4.78 is 32.4. The Morgan fingerprint density at radius 2 is 2.14 bits per heavy atom. The van der Waals surface area contributed by atoms with Crippen LogP contribution in [0.15, 0.2) is 5.03 Å². The minimum Gasteiger partial charge on any atom is -0.377 e. The van der Waals surface area contributed by atoms with Crippen LogP contribution in [0.4, 0.5) is 0 Å². The van der Waals surface area contributed by atoms with Gasteiger partial charge in [-0.15, -0.1) is 0 Å². The normalized spacial score (nSPS) is 15.8. The van der Waals surface area contributed by atoms with Crippen LogP contribution in [0.3, 0.4) is 0 Å². The van der Waals surface area contributed by atoms with E-state index in [2.05, 4.69) is 20.2 Å². The van der Waals surface area contributed by atoms with Gasteiger partial charge in [0.15, 0.2) is 5.03 Å². The van der Waals surface area contributed by atoms with Gasteiger partial charge in [0.2, 0.25) is 0 Å². The standard InChI is InChI=1S/C13H24N4O3S/c1-9(2)20-7-6-15-21(18,19)13-12(10(3)16-17-13)8-14-11-4-5-11/h9,11,14-15H,4-8H2,1-3H3,(H,16,17). The third-order valence-corrected chi connectivity index (χ3v) is 4.71. The van der Waals surface area contributed by atoms with Crippen molar-refractivity contribution in [2.24, 2.45) is 0 Å². The zero-order chi connectivity index (χ0) is 15.5. The number of hydrogen-bond donors (Lipinski definition) is 3. The van der Waals surface area contributed by atoms with Crippen LogP contribution >= 0.6 is 0 Å². The fourth-order valence-corrected chi connectivity index (χ4v) is 3.14. The number of hydrogen-bond acceptors (Lipinski definition) is 5. The van der Waals surface area contributed by atoms with E-state index in [0.29, 0.717) is 24.8 Å². The first-order chi connectivity index (χ1) is 9.90. The van der Waals surface area contributed by atoms with Crippen molar-refractivity contribution < 1.29 is 13.2 Å². The maximum Gasteiger partial charge on any atom is 0.260 e. The molecular weight excluding hydrogens is 292 g/mol. The minimum atomic E-state index is -3.61. The van der Waals surface area contributed by atoms with Crippen molar-refractivity contribution in [3.05, 3.63) is 11.3 Å². The third kappa shape index (κ3) is 4.77. The Labute approximate surface area is 125 Å². The molecule has 1 heterocycles. The molecule has 0 aliphatic heterocycles. The Balaban J connectivity index is 1.97. The second-order valence-electron chi connectivity index (χ2n) is 5.60. The van der Waals surface area contributed by atoms with Crippen LogP contribution in [0, 0.1) is 6.92 Å². The molecule has 0 spiro atoms. The van der Waals surface area contributed by atoms with E-state index in [4.69, 9.17) is 4.74 Å². The van der Waals surface area contributed by atoms with Gasteiger partial charge in [-0.1, -0.05) is 0 Å². The zero-order valence-electron chi connectivity index (χ0n) is 12.8. The first-order valence-electron chi connectivity index (χ1n) is 7.28. The molecule has 1 fully saturated rings. The topological polar surface area (TPSA) is 96.1 Å². The van der Waals surface area contributed by atoms with E-state index in [0.717, 1.165) is 18.5 Å². The number of nitrogens with zero attached hydrogens (tertiary/aromatic N) is 1. The van der Waals surface area contributed by atoms with Crippen LogP contribution in [0.25, 0.3) is 0 Å². The number of nitrogens with one attached hydrogen (secondary N) is 3. The molecule has 1 aliphatic carbocycles. The molecule has 120 valence electrons. The first kappa shape index (κ1) is 16.4. The number of H-pyrrole nitrogens is 1. The lowest BCUT2D eigenvalue weighted by Crippen LogP contribution is -2.30. The summed E-state index contributed by atoms with van der Waals surface area (Å²) in [4.78, 5) is 0. The highest BCUT2D eigenvalue weighted by atomic mass is 32.2. The zero-order valence-corrected chi connectivity index (χ0v) is 13.6. The molecule has 2 rings (SSSR count). The molecule has 1 saturated carbocycles. The molecule has 3 N–H and O–H groups in total. The minimum absolute atomic E-state index is 0.0812. The van der Waals surface area contributed by atoms with E-state index in [1.165, 1.54) is 0 Å². The fraction of sp³-hybridized carbons (Fsp3) is 0.769. The van der Waals surface area contributed by atoms with E-state index < -0.39 is 10.0 Å². The second-order valence-corrected chi connectivity index (χ2v) is 7.29. The summed E-state index contributed by atoms with van der Waals surface area (Å²) in [5, 5.41) is 10.1. The summed E-state index contributed by atoms with van der Waals surface area (Å²) in [7, 11) is -3.61. The molecule has 0 radical (unpaired) electrons. The molecule has 1 aromatic rings. The van der Waals surface area contributed by atoms with Crippen molar-refractivity contribution in [1.82, 2.24) is 20.2 Å². The quantitative estimate of drug-likeness (QED) is 0.582. The highest BCUT2D eigenvalue weighted by Crippen LogP contribution is 2.21. The van der Waals surface area contributed by atoms with Crippen molar-refractivity contribution in [2.45, 2.75) is 57.3 Å². The van der Waals surface area contributed by atoms with Crippen molar-refractivity contribution in [2.75, 3.05) is 13.2 Å². The van der Waals surface area contributed by atoms with Crippen molar-refractivity contribution in [1.29, 1.82) is 0 Å². The second kappa shape index (κ2) is 6.87. The molecule has 0 amide bonds. The van der Waals surface area contributed by atoms with Gasteiger partial charge in [0, 0.05) is 30.4 Å². The van der Waals surface area contributed by atoms with Crippen LogP contribution in [0.2, 0.25) is 0 Å². The summed E-state index contributed by atoms with van der Waals surface area (Å²) in [6, 6.07) is 0.516. The monoisotopic (exact) mass is 316 g/mol. The summed E-state index contributed by atoms with van der Waals surface area (Å²) in [6.07, 6.45) is 2.40. The Bertz CT molecular complexity index is 564. The molecule has 0 bridgehead atoms. The first-order valence-corrected chi connectivity index (χ1v) is 8.77. The largest absolute Gasteiger partial charge is 0.377 e. The molecule has 1 aliphatic rings. The van der Waals surface area contributed by atoms with E-state index in [9.17, 15) is 8.42 Å². The Hall–Kier alpha value is -0.960. The van der Waals surface area contributed by atoms with E-state index in [1.54, 1.807) is 0 Å². The Morgan fingerprint density at radius 1 is 1.43 bits per heavy atom. The lowest BCUT2D eigenvalue weighted by atomic mass is 10.2. The molecule has 0 aromatic carbocycles. The van der Waals surface area contributed by atoms with Crippen molar-refractivity contribution in [3.63, 3.8) is 0 Å². The van der Waals surface area contributed by atoms with Gasteiger partial charge in [-0.3, -0.25) is 5.10 Å². The number of aromatic amines is 1. The number of aromatic nitrogens is 2. The molecular formula is C13H24N4O3S. The van der Waals surface area contributed by atoms with Gasteiger partial charge in [0.1, 0.15) is 0 Å². The van der Waals surface area contributed by atoms with Gasteiger partial charge in [-0.25, -0.2) is 13.1 Å². The summed E-state index contributed by atoms with van der Waals surface area (Å²) in [6.45, 7) is 6.75. The Morgan fingerprint density at radius 3 is 2.76 bits per heavy atom. The van der Waals surface area contributed by atoms with Gasteiger partial charge in [-0.2, -0.15) is 5.10 Å². The lowest BCUT2D eigenvalue weighted by Gasteiger charge is -2.09. The van der Waals surface area contributed by atoms with Crippen LogP contribution < -0.4 is 10.0 Å². The van der Waals surface area contributed by atoms with E-state index >= 15 is 0 Å². The predicted octanol–water partition coefficient (Wildman–Crippen LogP) is 0.673. The fourth-order valence-electron chi connectivity index (χ4n) is 1.93. The van der Waals surface area contributed by atoms with Crippen molar-refractivity contribution >= 4 is 10.0 Å². The third-order valence-electron chi connectivity index (χ3n) is 3.28. The van der Waals surface area contributed by atoms with Gasteiger partial charge in [0.25, 0.3) is 10.0 Å². The molecule has 21 heavy (non-hydrogen) atoms. The van der Waals surface area contributed by atoms with Crippen LogP contribution in [-0.2, 0) is 21.3 Å². The predicted molar refractivity (Wildman–Crippen MR) is 79.5 cm³/mol. The number of ether oxygens (including phenoxy) is 1. The number of rotatable bonds is 9. The molecule has 1 aromatic heterocycles. The smallest absolute Gasteiger partial charge is 0.260 e. The van der Waals surface area contributed by atoms with Gasteiger partial charge in [-0.05, 0) is 33.6 Å². The SMILES string of the molecule is Cc1[nH]nc(S(=O)(=O)NCCOC(C)C)c1CNC1CC1. The molecule has 0 unspecified atom stereocenters. The summed E-state index contributed by atoms with van der Waals surface area (Å²) in [5.74, 6) is 0. The molecule has 7 nitrogen and oxygen atoms in total. The van der Waals surface area contributed by atoms with Gasteiger partial charge in [0.05, 0.1) is 12.7 Å². The van der Waals surface area contributed by atoms with Crippen LogP contribution in [0.5, 0.6) is 0 Å². The maximum atomic E-state index is 12.3. The van der Waals surface area contributed by atoms with Gasteiger partial charge >= 0.3 is 0 Å². The highest BCUT2D eigenvalue weighted by Gasteiger charge is 2.26. The summed E-state index contributed by atoms with van der Waals surface area (Å²) in [5.41, 5.74) is 1.49. The molecule has 0 atom stereocenters. The average Bonchev–Trinajstić information content (AvgIpc) is 3.15. The summed E-state index contributed by atoms with van der Waals surface area (Å²) >= 11 is 0. The lowest BCUT2D eigenvalue weighted by molar-refractivity contribution is 0.0833. The highest BCUT2D eigenvalue weighted by molar-refractivity contribution is 7.89. The number of aryl methyl sites for hydroxylation is 1. The molecule has 8 heteroatoms. The maximum absolute atomic E-state index is 12.3. The van der Waals surface area contributed by atoms with Crippen LogP contribution in [-0.4, -0.2) is 43.9 Å². The molecule has 0 saturated heterocycles. The van der Waals surface area contributed by atoms with Crippen LogP contribution in [0.1, 0.15) is 37.9 Å². The Kier molecular flexibility index (Phi) is 5.37. The van der Waals surface area contributed by atoms with Crippen molar-refractivity contribution in [3.8, 4) is 0 Å². The van der Waals surface area contributed by atoms with E-state index in [-0.39, 0.29) is 17.7 Å². The van der Waals surface area contributed by atoms with Gasteiger partial charge < -0.3 is 10.1 Å². The van der Waals surface area contributed by atoms with E-state index in [1.807, 2.05) is 20.8 Å².